The number of likely N-dealkylation sites (N-methyl/N-ethyl adjacent to an activating group) is 2. The van der Waals surface area contributed by atoms with E-state index in [1.807, 2.05) is 20.0 Å². The molecule has 0 aliphatic carbocycles. The number of imide groups is 1. The largest absolute Gasteiger partial charge is 0.483 e. The van der Waals surface area contributed by atoms with E-state index in [1.165, 1.54) is 11.9 Å². The number of aldehydes is 2. The molecule has 11 heteroatoms. The molecule has 0 saturated carbocycles. The van der Waals surface area contributed by atoms with Gasteiger partial charge in [-0.05, 0) is 31.0 Å². The molecule has 1 aromatic carbocycles. The zero-order valence-electron chi connectivity index (χ0n) is 24.0. The van der Waals surface area contributed by atoms with Gasteiger partial charge in [-0.1, -0.05) is 46.6 Å². The van der Waals surface area contributed by atoms with Crippen molar-refractivity contribution in [3.8, 4) is 0 Å². The number of hydrogen-bond donors (Lipinski definition) is 2. The maximum atomic E-state index is 13.1. The maximum absolute atomic E-state index is 13.1. The first-order valence-corrected chi connectivity index (χ1v) is 13.0. The Kier molecular flexibility index (Phi) is 16.9. The summed E-state index contributed by atoms with van der Waals surface area (Å²) in [5.74, 6) is -0.951. The first-order valence-electron chi connectivity index (χ1n) is 13.0. The normalized spacial score (nSPS) is 13.8. The molecule has 2 N–H and O–H groups in total. The molecule has 0 spiro atoms. The van der Waals surface area contributed by atoms with Crippen molar-refractivity contribution in [1.82, 2.24) is 15.1 Å². The lowest BCUT2D eigenvalue weighted by atomic mass is 9.87. The fourth-order valence-electron chi connectivity index (χ4n) is 3.82. The van der Waals surface area contributed by atoms with E-state index < -0.39 is 17.9 Å². The van der Waals surface area contributed by atoms with Gasteiger partial charge in [-0.3, -0.25) is 29.3 Å². The van der Waals surface area contributed by atoms with Crippen molar-refractivity contribution in [3.05, 3.63) is 29.3 Å². The van der Waals surface area contributed by atoms with Gasteiger partial charge in [-0.2, -0.15) is 0 Å². The van der Waals surface area contributed by atoms with Crippen LogP contribution in [0.4, 0.5) is 5.69 Å². The van der Waals surface area contributed by atoms with Gasteiger partial charge >= 0.3 is 0 Å². The first kappa shape index (κ1) is 35.4. The van der Waals surface area contributed by atoms with E-state index in [-0.39, 0.29) is 17.5 Å². The lowest BCUT2D eigenvalue weighted by Crippen LogP contribution is -2.48. The number of piperazine rings is 1. The Morgan fingerprint density at radius 2 is 1.69 bits per heavy atom. The van der Waals surface area contributed by atoms with Gasteiger partial charge in [0.25, 0.3) is 12.4 Å². The molecule has 0 radical (unpaired) electrons. The van der Waals surface area contributed by atoms with E-state index in [1.54, 1.807) is 12.1 Å². The zero-order chi connectivity index (χ0) is 30.0. The number of amides is 3. The molecule has 1 heterocycles. The van der Waals surface area contributed by atoms with Crippen LogP contribution in [0.3, 0.4) is 0 Å². The van der Waals surface area contributed by atoms with Crippen LogP contribution in [0.2, 0.25) is 0 Å². The molecule has 1 saturated heterocycles. The number of nitrogens with zero attached hydrogens (tertiary/aromatic N) is 3. The summed E-state index contributed by atoms with van der Waals surface area (Å²) < 4.78 is 0. The van der Waals surface area contributed by atoms with Gasteiger partial charge in [0.1, 0.15) is 12.3 Å². The molecule has 1 fully saturated rings. The molecule has 218 valence electrons. The van der Waals surface area contributed by atoms with Gasteiger partial charge in [0.2, 0.25) is 12.3 Å². The molecule has 3 amide bonds. The lowest BCUT2D eigenvalue weighted by molar-refractivity contribution is -0.129. The summed E-state index contributed by atoms with van der Waals surface area (Å²) in [6.45, 7) is 11.2. The van der Waals surface area contributed by atoms with E-state index in [0.717, 1.165) is 44.6 Å². The molecule has 0 aromatic heterocycles. The molecule has 2 rings (SSSR count). The lowest BCUT2D eigenvalue weighted by Gasteiger charge is -2.35. The predicted octanol–water partition coefficient (Wildman–Crippen LogP) is 2.48. The van der Waals surface area contributed by atoms with Crippen molar-refractivity contribution >= 4 is 43.0 Å². The Labute approximate surface area is 231 Å². The molecule has 1 atom stereocenters. The van der Waals surface area contributed by atoms with Crippen LogP contribution in [-0.2, 0) is 19.2 Å². The predicted molar refractivity (Wildman–Crippen MR) is 150 cm³/mol. The monoisotopic (exact) mass is 548 g/mol. The molecule has 1 aliphatic rings. The third-order valence-corrected chi connectivity index (χ3v) is 6.72. The summed E-state index contributed by atoms with van der Waals surface area (Å²) in [6.07, 6.45) is 4.84. The molecular weight excluding hydrogens is 504 g/mol. The minimum atomic E-state index is -0.783. The minimum absolute atomic E-state index is 0.224. The number of carboxylic acid groups (broad SMARTS) is 1. The number of carbonyl (C=O) groups is 6. The average Bonchev–Trinajstić information content (AvgIpc) is 2.91. The highest BCUT2D eigenvalue weighted by molar-refractivity contribution is 6.06. The smallest absolute Gasteiger partial charge is 0.290 e. The van der Waals surface area contributed by atoms with E-state index in [4.69, 9.17) is 9.90 Å². The topological polar surface area (TPSA) is 144 Å². The van der Waals surface area contributed by atoms with Crippen LogP contribution in [0, 0.1) is 5.41 Å². The van der Waals surface area contributed by atoms with E-state index in [9.17, 15) is 24.0 Å². The van der Waals surface area contributed by atoms with Crippen molar-refractivity contribution in [2.45, 2.75) is 59.4 Å². The van der Waals surface area contributed by atoms with E-state index in [0.29, 0.717) is 37.5 Å². The molecule has 1 aliphatic heterocycles. The highest BCUT2D eigenvalue weighted by atomic mass is 16.3. The summed E-state index contributed by atoms with van der Waals surface area (Å²) in [4.78, 5) is 71.8. The zero-order valence-corrected chi connectivity index (χ0v) is 24.0. The second-order valence-corrected chi connectivity index (χ2v) is 9.99. The van der Waals surface area contributed by atoms with Crippen molar-refractivity contribution in [2.24, 2.45) is 5.41 Å². The fraction of sp³-hybridized carbons (Fsp3) is 0.571. The number of hydrogen-bond acceptors (Lipinski definition) is 8. The first-order chi connectivity index (χ1) is 18.5. The number of anilines is 1. The molecule has 39 heavy (non-hydrogen) atoms. The highest BCUT2D eigenvalue weighted by Crippen LogP contribution is 2.25. The molecular formula is C28H44N4O7. The van der Waals surface area contributed by atoms with Crippen molar-refractivity contribution in [3.63, 3.8) is 0 Å². The second kappa shape index (κ2) is 18.6. The van der Waals surface area contributed by atoms with Crippen LogP contribution < -0.4 is 10.2 Å². The van der Waals surface area contributed by atoms with Crippen molar-refractivity contribution in [2.75, 3.05) is 45.2 Å². The number of carbonyl (C=O) groups excluding carboxylic acids is 5. The van der Waals surface area contributed by atoms with Crippen molar-refractivity contribution < 1.29 is 33.9 Å². The highest BCUT2D eigenvalue weighted by Gasteiger charge is 2.29. The minimum Gasteiger partial charge on any atom is -0.483 e. The van der Waals surface area contributed by atoms with Crippen LogP contribution in [0.5, 0.6) is 0 Å². The van der Waals surface area contributed by atoms with Crippen LogP contribution in [0.1, 0.15) is 74.1 Å². The number of benzene rings is 1. The fourth-order valence-corrected chi connectivity index (χ4v) is 3.82. The summed E-state index contributed by atoms with van der Waals surface area (Å²) in [5.41, 5.74) is 1.54. The Bertz CT molecular complexity index is 944. The van der Waals surface area contributed by atoms with Gasteiger partial charge < -0.3 is 24.6 Å². The molecule has 0 bridgehead atoms. The summed E-state index contributed by atoms with van der Waals surface area (Å²) in [6, 6.07) is 4.41. The van der Waals surface area contributed by atoms with Crippen LogP contribution in [0.25, 0.3) is 0 Å². The van der Waals surface area contributed by atoms with Crippen LogP contribution in [0.15, 0.2) is 18.2 Å². The SMILES string of the molecule is CCC(C)(C)CC=O.CCCC(C(=O)NC=O)N(C)C(=O)c1cccc(N2CCN(C)CC2)c1C=O.O=CO. The van der Waals surface area contributed by atoms with Crippen LogP contribution in [-0.4, -0.2) is 98.5 Å². The average molecular weight is 549 g/mol. The maximum Gasteiger partial charge on any atom is 0.290 e. The second-order valence-electron chi connectivity index (χ2n) is 9.99. The summed E-state index contributed by atoms with van der Waals surface area (Å²) in [7, 11) is 3.56. The Morgan fingerprint density at radius 3 is 2.13 bits per heavy atom. The quantitative estimate of drug-likeness (QED) is 0.398. The molecule has 1 aromatic rings. The Morgan fingerprint density at radius 1 is 1.10 bits per heavy atom. The number of nitrogens with one attached hydrogen (secondary N) is 1. The van der Waals surface area contributed by atoms with Crippen molar-refractivity contribution in [1.29, 1.82) is 0 Å². The molecule has 11 nitrogen and oxygen atoms in total. The summed E-state index contributed by atoms with van der Waals surface area (Å²) in [5, 5.41) is 9.01. The Balaban J connectivity index is 0.00000111. The van der Waals surface area contributed by atoms with E-state index >= 15 is 0 Å². The summed E-state index contributed by atoms with van der Waals surface area (Å²) >= 11 is 0. The standard InChI is InChI=1S/C20H28N4O4.C7H14O.CH2O2/c1-4-6-18(19(27)21-14-26)23(3)20(28)15-7-5-8-17(16(15)13-25)24-11-9-22(2)10-12-24;1-4-7(2,3)5-6-8;2-1-3/h5,7-8,13-14,18H,4,6,9-12H2,1-3H3,(H,21,26,27);6H,4-5H2,1-3H3;1H,(H,2,3). The third-order valence-electron chi connectivity index (χ3n) is 6.72. The van der Waals surface area contributed by atoms with Crippen LogP contribution >= 0.6 is 0 Å². The molecule has 1 unspecified atom stereocenters. The van der Waals surface area contributed by atoms with Gasteiger partial charge in [0.05, 0.1) is 11.1 Å². The van der Waals surface area contributed by atoms with Gasteiger partial charge in [0, 0.05) is 45.3 Å². The number of rotatable bonds is 11. The Hall–Kier alpha value is -3.60. The van der Waals surface area contributed by atoms with Gasteiger partial charge in [-0.15, -0.1) is 0 Å². The van der Waals surface area contributed by atoms with E-state index in [2.05, 4.69) is 35.9 Å². The van der Waals surface area contributed by atoms with Gasteiger partial charge in [-0.25, -0.2) is 0 Å². The van der Waals surface area contributed by atoms with Gasteiger partial charge in [0.15, 0.2) is 6.29 Å². The third kappa shape index (κ3) is 11.8.